The summed E-state index contributed by atoms with van der Waals surface area (Å²) < 4.78 is 80.7. The van der Waals surface area contributed by atoms with E-state index in [0.29, 0.717) is 50.9 Å². The molecule has 4 rings (SSSR count). The van der Waals surface area contributed by atoms with Crippen molar-refractivity contribution < 1.29 is 35.9 Å². The minimum atomic E-state index is -5.01. The van der Waals surface area contributed by atoms with Gasteiger partial charge in [0.05, 0.1) is 29.1 Å². The maximum absolute atomic E-state index is 13.5. The third kappa shape index (κ3) is 6.93. The van der Waals surface area contributed by atoms with Gasteiger partial charge in [0.1, 0.15) is 0 Å². The van der Waals surface area contributed by atoms with Gasteiger partial charge in [0.25, 0.3) is 0 Å². The number of carbonyl (C=O) groups excluding carboxylic acids is 2. The Labute approximate surface area is 242 Å². The number of rotatable bonds is 5. The standard InChI is InChI=1S/C31H37F6N3O2/c1-20(21-16-23(30(32,33)34)18-24(17-21)31(35,36)37)27(42)38-29(22-8-6-5-7-9-22)12-10-25(11-13-29)40-15-14-39(19-26(40)41)28(2,3)4/h5-9,16-18,20,25H,10-15,19H2,1-4H3,(H,38,42)/t20?,25-,29-. The molecular formula is C31H37F6N3O2. The number of nitrogens with zero attached hydrogens (tertiary/aromatic N) is 2. The van der Waals surface area contributed by atoms with E-state index in [1.165, 1.54) is 6.92 Å². The second-order valence-corrected chi connectivity index (χ2v) is 12.4. The molecule has 230 valence electrons. The molecule has 0 bridgehead atoms. The molecule has 1 heterocycles. The lowest BCUT2D eigenvalue weighted by Gasteiger charge is -2.48. The van der Waals surface area contributed by atoms with Crippen molar-refractivity contribution in [2.75, 3.05) is 19.6 Å². The number of amides is 2. The third-order valence-electron chi connectivity index (χ3n) is 8.65. The number of hydrogen-bond donors (Lipinski definition) is 1. The third-order valence-corrected chi connectivity index (χ3v) is 8.65. The second-order valence-electron chi connectivity index (χ2n) is 12.4. The minimum absolute atomic E-state index is 0.0245. The Morgan fingerprint density at radius 2 is 1.45 bits per heavy atom. The molecule has 1 saturated carbocycles. The van der Waals surface area contributed by atoms with E-state index in [-0.39, 0.29) is 29.1 Å². The lowest BCUT2D eigenvalue weighted by molar-refractivity contribution is -0.143. The molecule has 42 heavy (non-hydrogen) atoms. The molecule has 0 aromatic heterocycles. The predicted octanol–water partition coefficient (Wildman–Crippen LogP) is 6.72. The number of hydrogen-bond acceptors (Lipinski definition) is 3. The Balaban J connectivity index is 1.56. The van der Waals surface area contributed by atoms with Crippen molar-refractivity contribution in [1.29, 1.82) is 0 Å². The molecule has 1 atom stereocenters. The molecule has 1 aliphatic carbocycles. The monoisotopic (exact) mass is 597 g/mol. The highest BCUT2D eigenvalue weighted by atomic mass is 19.4. The molecular weight excluding hydrogens is 560 g/mol. The van der Waals surface area contributed by atoms with Crippen molar-refractivity contribution >= 4 is 11.8 Å². The summed E-state index contributed by atoms with van der Waals surface area (Å²) in [5.41, 5.74) is -3.49. The van der Waals surface area contributed by atoms with E-state index in [1.807, 2.05) is 35.2 Å². The highest BCUT2D eigenvalue weighted by Crippen LogP contribution is 2.41. The lowest BCUT2D eigenvalue weighted by Crippen LogP contribution is -2.60. The summed E-state index contributed by atoms with van der Waals surface area (Å²) in [6, 6.07) is 10.4. The van der Waals surface area contributed by atoms with E-state index in [4.69, 9.17) is 0 Å². The number of benzene rings is 2. The van der Waals surface area contributed by atoms with Crippen LogP contribution in [0.3, 0.4) is 0 Å². The Bertz CT molecular complexity index is 1250. The van der Waals surface area contributed by atoms with Gasteiger partial charge in [-0.05, 0) is 82.7 Å². The smallest absolute Gasteiger partial charge is 0.346 e. The molecule has 0 spiro atoms. The van der Waals surface area contributed by atoms with E-state index in [9.17, 15) is 35.9 Å². The maximum atomic E-state index is 13.5. The fourth-order valence-electron chi connectivity index (χ4n) is 6.02. The summed E-state index contributed by atoms with van der Waals surface area (Å²) in [7, 11) is 0. The van der Waals surface area contributed by atoms with Gasteiger partial charge in [-0.2, -0.15) is 26.3 Å². The molecule has 1 unspecified atom stereocenters. The van der Waals surface area contributed by atoms with E-state index in [0.717, 1.165) is 12.1 Å². The SMILES string of the molecule is CC(C(=O)N[C@]1(c2ccccc2)CC[C@@H](N2CCN(C(C)(C)C)CC2=O)CC1)c1cc(C(F)(F)F)cc(C(F)(F)F)c1. The van der Waals surface area contributed by atoms with Gasteiger partial charge in [0.2, 0.25) is 11.8 Å². The van der Waals surface area contributed by atoms with Gasteiger partial charge in [0, 0.05) is 24.7 Å². The van der Waals surface area contributed by atoms with Crippen LogP contribution in [-0.4, -0.2) is 52.8 Å². The maximum Gasteiger partial charge on any atom is 0.416 e. The topological polar surface area (TPSA) is 52.7 Å². The number of carbonyl (C=O) groups is 2. The van der Waals surface area contributed by atoms with Crippen molar-refractivity contribution in [3.05, 3.63) is 70.8 Å². The van der Waals surface area contributed by atoms with Gasteiger partial charge < -0.3 is 10.2 Å². The van der Waals surface area contributed by atoms with Gasteiger partial charge >= 0.3 is 12.4 Å². The van der Waals surface area contributed by atoms with Crippen LogP contribution in [0.2, 0.25) is 0 Å². The fraction of sp³-hybridized carbons (Fsp3) is 0.548. The van der Waals surface area contributed by atoms with Crippen LogP contribution >= 0.6 is 0 Å². The van der Waals surface area contributed by atoms with Crippen LogP contribution in [0, 0.1) is 0 Å². The Morgan fingerprint density at radius 1 is 0.905 bits per heavy atom. The van der Waals surface area contributed by atoms with Crippen LogP contribution in [0.5, 0.6) is 0 Å². The second kappa shape index (κ2) is 11.5. The summed E-state index contributed by atoms with van der Waals surface area (Å²) in [5, 5.41) is 3.01. The van der Waals surface area contributed by atoms with Gasteiger partial charge in [-0.3, -0.25) is 14.5 Å². The number of alkyl halides is 6. The Morgan fingerprint density at radius 3 is 1.93 bits per heavy atom. The fourth-order valence-corrected chi connectivity index (χ4v) is 6.02. The molecule has 2 fully saturated rings. The molecule has 1 saturated heterocycles. The quantitative estimate of drug-likeness (QED) is 0.389. The van der Waals surface area contributed by atoms with Crippen LogP contribution in [-0.2, 0) is 27.5 Å². The van der Waals surface area contributed by atoms with E-state index < -0.39 is 40.8 Å². The number of piperazine rings is 1. The van der Waals surface area contributed by atoms with Crippen molar-refractivity contribution in [1.82, 2.24) is 15.1 Å². The first-order valence-electron chi connectivity index (χ1n) is 14.1. The van der Waals surface area contributed by atoms with Gasteiger partial charge in [-0.1, -0.05) is 30.3 Å². The van der Waals surface area contributed by atoms with Gasteiger partial charge in [0.15, 0.2) is 0 Å². The van der Waals surface area contributed by atoms with Crippen molar-refractivity contribution in [3.63, 3.8) is 0 Å². The first-order valence-corrected chi connectivity index (χ1v) is 14.1. The largest absolute Gasteiger partial charge is 0.416 e. The molecule has 2 amide bonds. The molecule has 2 aromatic rings. The van der Waals surface area contributed by atoms with Crippen LogP contribution in [0.15, 0.2) is 48.5 Å². The zero-order chi connectivity index (χ0) is 31.1. The van der Waals surface area contributed by atoms with Crippen molar-refractivity contribution in [2.24, 2.45) is 0 Å². The molecule has 2 aromatic carbocycles. The normalized spacial score (nSPS) is 23.5. The summed E-state index contributed by atoms with van der Waals surface area (Å²) in [6.45, 7) is 9.19. The summed E-state index contributed by atoms with van der Waals surface area (Å²) >= 11 is 0. The van der Waals surface area contributed by atoms with Gasteiger partial charge in [-0.25, -0.2) is 0 Å². The first kappa shape index (κ1) is 31.8. The number of halogens is 6. The average Bonchev–Trinajstić information content (AvgIpc) is 2.92. The first-order chi connectivity index (χ1) is 19.4. The van der Waals surface area contributed by atoms with Crippen molar-refractivity contribution in [2.45, 2.75) is 88.8 Å². The summed E-state index contributed by atoms with van der Waals surface area (Å²) in [6.07, 6.45) is -7.91. The predicted molar refractivity (Wildman–Crippen MR) is 146 cm³/mol. The minimum Gasteiger partial charge on any atom is -0.346 e. The Hall–Kier alpha value is -3.08. The molecule has 2 aliphatic rings. The molecule has 1 N–H and O–H groups in total. The molecule has 1 aliphatic heterocycles. The summed E-state index contributed by atoms with van der Waals surface area (Å²) in [4.78, 5) is 30.6. The zero-order valence-corrected chi connectivity index (χ0v) is 24.2. The van der Waals surface area contributed by atoms with E-state index in [1.54, 1.807) is 0 Å². The molecule has 5 nitrogen and oxygen atoms in total. The lowest BCUT2D eigenvalue weighted by atomic mass is 9.74. The van der Waals surface area contributed by atoms with Gasteiger partial charge in [-0.15, -0.1) is 0 Å². The van der Waals surface area contributed by atoms with Crippen LogP contribution in [0.4, 0.5) is 26.3 Å². The summed E-state index contributed by atoms with van der Waals surface area (Å²) in [5.74, 6) is -1.89. The van der Waals surface area contributed by atoms with Crippen LogP contribution in [0.1, 0.15) is 81.5 Å². The van der Waals surface area contributed by atoms with E-state index in [2.05, 4.69) is 31.0 Å². The van der Waals surface area contributed by atoms with E-state index >= 15 is 0 Å². The number of nitrogens with one attached hydrogen (secondary N) is 1. The van der Waals surface area contributed by atoms with Crippen LogP contribution in [0.25, 0.3) is 0 Å². The molecule has 11 heteroatoms. The van der Waals surface area contributed by atoms with Crippen LogP contribution < -0.4 is 5.32 Å². The zero-order valence-electron chi connectivity index (χ0n) is 24.2. The highest BCUT2D eigenvalue weighted by Gasteiger charge is 2.43. The average molecular weight is 598 g/mol. The Kier molecular flexibility index (Phi) is 8.75. The highest BCUT2D eigenvalue weighted by molar-refractivity contribution is 5.84. The molecule has 0 radical (unpaired) electrons. The van der Waals surface area contributed by atoms with Crippen molar-refractivity contribution in [3.8, 4) is 0 Å².